The zero-order chi connectivity index (χ0) is 15.7. The van der Waals surface area contributed by atoms with Crippen molar-refractivity contribution in [3.63, 3.8) is 0 Å². The average molecular weight is 296 g/mol. The highest BCUT2D eigenvalue weighted by atomic mass is 19.1. The van der Waals surface area contributed by atoms with Crippen LogP contribution in [0.1, 0.15) is 5.56 Å². The maximum absolute atomic E-state index is 14.2. The normalized spacial score (nSPS) is 23.5. The molecule has 0 spiro atoms. The number of rotatable bonds is 2. The van der Waals surface area contributed by atoms with E-state index in [2.05, 4.69) is 11.4 Å². The number of allylic oxidation sites excluding steroid dienone is 2. The Morgan fingerprint density at radius 3 is 2.82 bits per heavy atom. The highest BCUT2D eigenvalue weighted by Crippen LogP contribution is 2.35. The van der Waals surface area contributed by atoms with E-state index in [1.54, 1.807) is 36.6 Å². The van der Waals surface area contributed by atoms with Crippen LogP contribution in [0.2, 0.25) is 0 Å². The lowest BCUT2D eigenvalue weighted by atomic mass is 9.81. The molecule has 1 aliphatic heterocycles. The molecule has 2 aliphatic rings. The van der Waals surface area contributed by atoms with E-state index >= 15 is 0 Å². The molecule has 1 aromatic rings. The van der Waals surface area contributed by atoms with Crippen molar-refractivity contribution in [2.75, 3.05) is 7.11 Å². The number of nitrogens with zero attached hydrogens (tertiary/aromatic N) is 1. The van der Waals surface area contributed by atoms with Crippen molar-refractivity contribution in [1.82, 2.24) is 5.32 Å². The Bertz CT molecular complexity index is 771. The predicted molar refractivity (Wildman–Crippen MR) is 78.9 cm³/mol. The van der Waals surface area contributed by atoms with Crippen LogP contribution in [0, 0.1) is 17.1 Å². The minimum atomic E-state index is -0.788. The maximum atomic E-state index is 14.2. The van der Waals surface area contributed by atoms with Gasteiger partial charge in [-0.3, -0.25) is 4.79 Å². The van der Waals surface area contributed by atoms with Crippen molar-refractivity contribution in [3.8, 4) is 6.07 Å². The van der Waals surface area contributed by atoms with Crippen LogP contribution < -0.4 is 5.32 Å². The number of ketones is 1. The Labute approximate surface area is 127 Å². The van der Waals surface area contributed by atoms with Crippen LogP contribution in [-0.2, 0) is 9.53 Å². The van der Waals surface area contributed by atoms with E-state index in [9.17, 15) is 14.4 Å². The number of dihydropyridines is 1. The van der Waals surface area contributed by atoms with E-state index in [1.165, 1.54) is 13.2 Å². The summed E-state index contributed by atoms with van der Waals surface area (Å²) in [5.74, 6) is -0.735. The molecule has 1 aliphatic carbocycles. The Balaban J connectivity index is 2.27. The zero-order valence-corrected chi connectivity index (χ0v) is 11.8. The molecule has 4 nitrogen and oxygen atoms in total. The molecule has 22 heavy (non-hydrogen) atoms. The second-order valence-electron chi connectivity index (χ2n) is 4.98. The first kappa shape index (κ1) is 14.2. The van der Waals surface area contributed by atoms with Gasteiger partial charge < -0.3 is 10.1 Å². The number of halogens is 1. The first-order valence-electron chi connectivity index (χ1n) is 6.78. The number of methoxy groups -OCH3 is 1. The molecule has 1 N–H and O–H groups in total. The molecule has 2 unspecified atom stereocenters. The number of carbonyl (C=O) groups excluding carboxylic acids is 1. The van der Waals surface area contributed by atoms with Crippen LogP contribution >= 0.6 is 0 Å². The highest BCUT2D eigenvalue weighted by Gasteiger charge is 2.35. The third-order valence-corrected chi connectivity index (χ3v) is 3.75. The van der Waals surface area contributed by atoms with Gasteiger partial charge in [-0.25, -0.2) is 4.39 Å². The summed E-state index contributed by atoms with van der Waals surface area (Å²) in [5, 5.41) is 12.3. The molecular formula is C17H13FN2O2. The van der Waals surface area contributed by atoms with Gasteiger partial charge in [-0.2, -0.15) is 5.26 Å². The zero-order valence-electron chi connectivity index (χ0n) is 11.8. The quantitative estimate of drug-likeness (QED) is 0.908. The van der Waals surface area contributed by atoms with Crippen LogP contribution in [0.5, 0.6) is 0 Å². The molecule has 0 bridgehead atoms. The Hall–Kier alpha value is -2.71. The summed E-state index contributed by atoms with van der Waals surface area (Å²) >= 11 is 0. The fraction of sp³-hybridized carbons (Fsp3) is 0.176. The molecule has 3 rings (SSSR count). The number of hydrogen-bond donors (Lipinski definition) is 1. The Morgan fingerprint density at radius 1 is 1.36 bits per heavy atom. The van der Waals surface area contributed by atoms with Crippen LogP contribution in [0.25, 0.3) is 5.57 Å². The van der Waals surface area contributed by atoms with Gasteiger partial charge in [0.1, 0.15) is 18.0 Å². The molecular weight excluding hydrogens is 283 g/mol. The van der Waals surface area contributed by atoms with Crippen molar-refractivity contribution in [1.29, 1.82) is 5.26 Å². The van der Waals surface area contributed by atoms with Gasteiger partial charge in [0.15, 0.2) is 5.78 Å². The van der Waals surface area contributed by atoms with Gasteiger partial charge >= 0.3 is 0 Å². The second kappa shape index (κ2) is 5.58. The van der Waals surface area contributed by atoms with Crippen LogP contribution in [0.15, 0.2) is 53.8 Å². The minimum absolute atomic E-state index is 0.251. The van der Waals surface area contributed by atoms with E-state index < -0.39 is 18.0 Å². The van der Waals surface area contributed by atoms with Crippen molar-refractivity contribution in [2.24, 2.45) is 0 Å². The third kappa shape index (κ3) is 2.14. The number of ether oxygens (including phenoxy) is 1. The number of benzene rings is 1. The summed E-state index contributed by atoms with van der Waals surface area (Å²) < 4.78 is 19.3. The highest BCUT2D eigenvalue weighted by molar-refractivity contribution is 6.13. The summed E-state index contributed by atoms with van der Waals surface area (Å²) in [6, 6.07) is 7.41. The van der Waals surface area contributed by atoms with Crippen molar-refractivity contribution >= 4 is 11.4 Å². The number of nitrogens with one attached hydrogen (secondary N) is 1. The van der Waals surface area contributed by atoms with Crippen LogP contribution in [-0.4, -0.2) is 25.0 Å². The minimum Gasteiger partial charge on any atom is -0.372 e. The van der Waals surface area contributed by atoms with Gasteiger partial charge in [-0.1, -0.05) is 24.3 Å². The molecule has 5 heteroatoms. The Morgan fingerprint density at radius 2 is 2.14 bits per heavy atom. The lowest BCUT2D eigenvalue weighted by Gasteiger charge is -2.29. The number of Topliss-reactive ketones (excluding diaryl/α,β-unsaturated/α-hetero) is 1. The number of fused-ring (bicyclic) bond motifs is 1. The van der Waals surface area contributed by atoms with Gasteiger partial charge in [0.2, 0.25) is 0 Å². The van der Waals surface area contributed by atoms with Crippen molar-refractivity contribution < 1.29 is 13.9 Å². The average Bonchev–Trinajstić information content (AvgIpc) is 2.55. The topological polar surface area (TPSA) is 62.1 Å². The standard InChI is InChI=1S/C17H13FN2O2/c1-22-14-7-6-10-9-20-13(8-19)16(15(10)17(14)21)11-4-2-3-5-12(11)18/h2-7,9,13-14,20H,1H3. The first-order chi connectivity index (χ1) is 10.7. The maximum Gasteiger partial charge on any atom is 0.196 e. The summed E-state index contributed by atoms with van der Waals surface area (Å²) in [4.78, 5) is 12.6. The lowest BCUT2D eigenvalue weighted by molar-refractivity contribution is -0.122. The number of carbonyl (C=O) groups is 1. The second-order valence-corrected chi connectivity index (χ2v) is 4.98. The van der Waals surface area contributed by atoms with Crippen molar-refractivity contribution in [3.05, 3.63) is 65.1 Å². The van der Waals surface area contributed by atoms with E-state index in [1.807, 2.05) is 0 Å². The predicted octanol–water partition coefficient (Wildman–Crippen LogP) is 2.11. The van der Waals surface area contributed by atoms with Gasteiger partial charge in [0, 0.05) is 35.6 Å². The molecule has 0 fully saturated rings. The van der Waals surface area contributed by atoms with E-state index in [0.29, 0.717) is 16.7 Å². The monoisotopic (exact) mass is 296 g/mol. The first-order valence-corrected chi connectivity index (χ1v) is 6.78. The van der Waals surface area contributed by atoms with Gasteiger partial charge in [-0.15, -0.1) is 0 Å². The van der Waals surface area contributed by atoms with Crippen molar-refractivity contribution in [2.45, 2.75) is 12.1 Å². The van der Waals surface area contributed by atoms with Gasteiger partial charge in [-0.05, 0) is 12.1 Å². The molecule has 2 atom stereocenters. The number of hydrogen-bond acceptors (Lipinski definition) is 4. The summed E-state index contributed by atoms with van der Waals surface area (Å²) in [7, 11) is 1.44. The molecule has 1 aromatic carbocycles. The smallest absolute Gasteiger partial charge is 0.196 e. The molecule has 0 radical (unpaired) electrons. The van der Waals surface area contributed by atoms with Gasteiger partial charge in [0.05, 0.1) is 6.07 Å². The fourth-order valence-electron chi connectivity index (χ4n) is 2.71. The summed E-state index contributed by atoms with van der Waals surface area (Å²) in [5.41, 5.74) is 1.57. The fourth-order valence-corrected chi connectivity index (χ4v) is 2.71. The molecule has 110 valence electrons. The Kier molecular flexibility index (Phi) is 3.61. The molecule has 0 aromatic heterocycles. The molecule has 0 saturated carbocycles. The molecule has 0 amide bonds. The van der Waals surface area contributed by atoms with E-state index in [-0.39, 0.29) is 11.3 Å². The van der Waals surface area contributed by atoms with Gasteiger partial charge in [0.25, 0.3) is 0 Å². The van der Waals surface area contributed by atoms with E-state index in [4.69, 9.17) is 4.74 Å². The third-order valence-electron chi connectivity index (χ3n) is 3.75. The molecule has 1 heterocycles. The lowest BCUT2D eigenvalue weighted by Crippen LogP contribution is -2.36. The summed E-state index contributed by atoms with van der Waals surface area (Å²) in [6.45, 7) is 0. The van der Waals surface area contributed by atoms with Crippen LogP contribution in [0.4, 0.5) is 4.39 Å². The van der Waals surface area contributed by atoms with E-state index in [0.717, 1.165) is 0 Å². The number of nitriles is 1. The largest absolute Gasteiger partial charge is 0.372 e. The SMILES string of the molecule is COC1C=CC2=CNC(C#N)C(c3ccccc3F)=C2C1=O. The summed E-state index contributed by atoms with van der Waals surface area (Å²) in [6.07, 6.45) is 4.27. The molecule has 0 saturated heterocycles. The van der Waals surface area contributed by atoms with Crippen LogP contribution in [0.3, 0.4) is 0 Å².